The SMILES string of the molecule is CC(C)[C@@H](NC(=O)c1csc(-c2ccc(F)c(F)c2)n1)C(=O)O. The Morgan fingerprint density at radius 3 is 2.52 bits per heavy atom. The average molecular weight is 340 g/mol. The van der Waals surface area contributed by atoms with E-state index < -0.39 is 29.6 Å². The molecule has 1 heterocycles. The molecule has 1 aromatic carbocycles. The molecule has 0 aliphatic rings. The first-order valence-electron chi connectivity index (χ1n) is 6.74. The van der Waals surface area contributed by atoms with E-state index in [9.17, 15) is 18.4 Å². The topological polar surface area (TPSA) is 79.3 Å². The maximum absolute atomic E-state index is 13.2. The van der Waals surface area contributed by atoms with Crippen molar-refractivity contribution >= 4 is 23.2 Å². The molecular formula is C15H14F2N2O3S. The van der Waals surface area contributed by atoms with Gasteiger partial charge in [-0.3, -0.25) is 4.79 Å². The zero-order valence-electron chi connectivity index (χ0n) is 12.3. The third kappa shape index (κ3) is 3.89. The third-order valence-corrected chi connectivity index (χ3v) is 4.01. The number of amides is 1. The summed E-state index contributed by atoms with van der Waals surface area (Å²) in [4.78, 5) is 27.2. The normalized spacial score (nSPS) is 12.2. The number of hydrogen-bond donors (Lipinski definition) is 2. The second-order valence-corrected chi connectivity index (χ2v) is 6.06. The van der Waals surface area contributed by atoms with Crippen LogP contribution in [0, 0.1) is 17.6 Å². The maximum Gasteiger partial charge on any atom is 0.326 e. The molecule has 2 aromatic rings. The summed E-state index contributed by atoms with van der Waals surface area (Å²) in [5.41, 5.74) is 0.369. The number of benzene rings is 1. The van der Waals surface area contributed by atoms with Crippen LogP contribution in [0.5, 0.6) is 0 Å². The van der Waals surface area contributed by atoms with Gasteiger partial charge in [0.05, 0.1) is 0 Å². The number of halogens is 2. The van der Waals surface area contributed by atoms with Gasteiger partial charge in [-0.15, -0.1) is 11.3 Å². The molecule has 1 aromatic heterocycles. The van der Waals surface area contributed by atoms with Gasteiger partial charge >= 0.3 is 5.97 Å². The van der Waals surface area contributed by atoms with Crippen molar-refractivity contribution in [2.75, 3.05) is 0 Å². The van der Waals surface area contributed by atoms with E-state index in [0.717, 1.165) is 23.5 Å². The highest BCUT2D eigenvalue weighted by Crippen LogP contribution is 2.25. The summed E-state index contributed by atoms with van der Waals surface area (Å²) in [5.74, 6) is -4.03. The highest BCUT2D eigenvalue weighted by molar-refractivity contribution is 7.13. The van der Waals surface area contributed by atoms with Crippen LogP contribution in [0.15, 0.2) is 23.6 Å². The zero-order valence-corrected chi connectivity index (χ0v) is 13.2. The van der Waals surface area contributed by atoms with Gasteiger partial charge in [0.25, 0.3) is 5.91 Å². The molecule has 0 saturated heterocycles. The molecule has 1 atom stereocenters. The Balaban J connectivity index is 2.19. The number of carboxylic acids is 1. The fraction of sp³-hybridized carbons (Fsp3) is 0.267. The van der Waals surface area contributed by atoms with Crippen molar-refractivity contribution < 1.29 is 23.5 Å². The smallest absolute Gasteiger partial charge is 0.326 e. The molecular weight excluding hydrogens is 326 g/mol. The monoisotopic (exact) mass is 340 g/mol. The highest BCUT2D eigenvalue weighted by atomic mass is 32.1. The number of nitrogens with zero attached hydrogens (tertiary/aromatic N) is 1. The van der Waals surface area contributed by atoms with Crippen LogP contribution in [0.4, 0.5) is 8.78 Å². The van der Waals surface area contributed by atoms with E-state index in [-0.39, 0.29) is 11.6 Å². The van der Waals surface area contributed by atoms with Gasteiger partial charge in [0, 0.05) is 10.9 Å². The van der Waals surface area contributed by atoms with Crippen LogP contribution in [-0.2, 0) is 4.79 Å². The van der Waals surface area contributed by atoms with Crippen molar-refractivity contribution in [3.05, 3.63) is 40.9 Å². The van der Waals surface area contributed by atoms with Gasteiger partial charge in [-0.1, -0.05) is 13.8 Å². The van der Waals surface area contributed by atoms with Gasteiger partial charge in [-0.25, -0.2) is 18.6 Å². The number of rotatable bonds is 5. The van der Waals surface area contributed by atoms with Crippen LogP contribution in [0.1, 0.15) is 24.3 Å². The Morgan fingerprint density at radius 2 is 1.96 bits per heavy atom. The summed E-state index contributed by atoms with van der Waals surface area (Å²) < 4.78 is 26.2. The van der Waals surface area contributed by atoms with Crippen molar-refractivity contribution in [1.82, 2.24) is 10.3 Å². The lowest BCUT2D eigenvalue weighted by Crippen LogP contribution is -2.44. The molecule has 2 N–H and O–H groups in total. The molecule has 0 radical (unpaired) electrons. The molecule has 8 heteroatoms. The lowest BCUT2D eigenvalue weighted by atomic mass is 10.0. The summed E-state index contributed by atoms with van der Waals surface area (Å²) in [6.45, 7) is 3.35. The van der Waals surface area contributed by atoms with Crippen LogP contribution in [-0.4, -0.2) is 28.0 Å². The number of thiazole rings is 1. The highest BCUT2D eigenvalue weighted by Gasteiger charge is 2.25. The predicted octanol–water partition coefficient (Wildman–Crippen LogP) is 2.93. The molecule has 122 valence electrons. The predicted molar refractivity (Wildman–Crippen MR) is 81.2 cm³/mol. The summed E-state index contributed by atoms with van der Waals surface area (Å²) in [6, 6.07) is 2.29. The van der Waals surface area contributed by atoms with E-state index in [2.05, 4.69) is 10.3 Å². The number of carbonyl (C=O) groups excluding carboxylic acids is 1. The first-order chi connectivity index (χ1) is 10.8. The van der Waals surface area contributed by atoms with Crippen LogP contribution < -0.4 is 5.32 Å². The molecule has 2 rings (SSSR count). The molecule has 0 aliphatic heterocycles. The molecule has 0 fully saturated rings. The zero-order chi connectivity index (χ0) is 17.1. The van der Waals surface area contributed by atoms with Gasteiger partial charge in [0.1, 0.15) is 16.7 Å². The van der Waals surface area contributed by atoms with Crippen molar-refractivity contribution in [3.63, 3.8) is 0 Å². The van der Waals surface area contributed by atoms with E-state index in [1.807, 2.05) is 0 Å². The number of carboxylic acid groups (broad SMARTS) is 1. The van der Waals surface area contributed by atoms with Crippen molar-refractivity contribution in [2.45, 2.75) is 19.9 Å². The second-order valence-electron chi connectivity index (χ2n) is 5.20. The van der Waals surface area contributed by atoms with E-state index in [0.29, 0.717) is 10.6 Å². The fourth-order valence-electron chi connectivity index (χ4n) is 1.87. The molecule has 1 amide bonds. The van der Waals surface area contributed by atoms with Crippen molar-refractivity contribution in [1.29, 1.82) is 0 Å². The first-order valence-corrected chi connectivity index (χ1v) is 7.62. The number of hydrogen-bond acceptors (Lipinski definition) is 4. The van der Waals surface area contributed by atoms with E-state index >= 15 is 0 Å². The summed E-state index contributed by atoms with van der Waals surface area (Å²) in [7, 11) is 0. The second kappa shape index (κ2) is 6.82. The average Bonchev–Trinajstić information content (AvgIpc) is 2.96. The number of nitrogens with one attached hydrogen (secondary N) is 1. The van der Waals surface area contributed by atoms with Crippen LogP contribution >= 0.6 is 11.3 Å². The van der Waals surface area contributed by atoms with Crippen molar-refractivity contribution in [3.8, 4) is 10.6 Å². The third-order valence-electron chi connectivity index (χ3n) is 3.12. The standard InChI is InChI=1S/C15H14F2N2O3S/c1-7(2)12(15(21)22)19-13(20)11-6-23-14(18-11)8-3-4-9(16)10(17)5-8/h3-7,12H,1-2H3,(H,19,20)(H,21,22)/t12-/m1/s1. The van der Waals surface area contributed by atoms with E-state index in [4.69, 9.17) is 5.11 Å². The minimum absolute atomic E-state index is 0.0293. The molecule has 0 saturated carbocycles. The van der Waals surface area contributed by atoms with Crippen LogP contribution in [0.3, 0.4) is 0 Å². The van der Waals surface area contributed by atoms with E-state index in [1.165, 1.54) is 11.4 Å². The van der Waals surface area contributed by atoms with E-state index in [1.54, 1.807) is 13.8 Å². The number of aliphatic carboxylic acids is 1. The Labute approximate surface area is 135 Å². The quantitative estimate of drug-likeness (QED) is 0.877. The minimum atomic E-state index is -1.13. The van der Waals surface area contributed by atoms with Gasteiger partial charge in [-0.05, 0) is 24.1 Å². The summed E-state index contributed by atoms with van der Waals surface area (Å²) in [5, 5.41) is 13.2. The van der Waals surface area contributed by atoms with Gasteiger partial charge in [-0.2, -0.15) is 0 Å². The molecule has 0 spiro atoms. The Morgan fingerprint density at radius 1 is 1.26 bits per heavy atom. The molecule has 0 aliphatic carbocycles. The lowest BCUT2D eigenvalue weighted by Gasteiger charge is -2.16. The number of carbonyl (C=O) groups is 2. The lowest BCUT2D eigenvalue weighted by molar-refractivity contribution is -0.140. The fourth-order valence-corrected chi connectivity index (χ4v) is 2.67. The number of aromatic nitrogens is 1. The van der Waals surface area contributed by atoms with Crippen LogP contribution in [0.25, 0.3) is 10.6 Å². The minimum Gasteiger partial charge on any atom is -0.480 e. The Bertz CT molecular complexity index is 746. The molecule has 0 bridgehead atoms. The van der Waals surface area contributed by atoms with Gasteiger partial charge in [0.15, 0.2) is 11.6 Å². The first kappa shape index (κ1) is 17.0. The Kier molecular flexibility index (Phi) is 5.05. The van der Waals surface area contributed by atoms with Crippen molar-refractivity contribution in [2.24, 2.45) is 5.92 Å². The van der Waals surface area contributed by atoms with Crippen LogP contribution in [0.2, 0.25) is 0 Å². The van der Waals surface area contributed by atoms with Gasteiger partial charge in [0.2, 0.25) is 0 Å². The molecule has 0 unspecified atom stereocenters. The molecule has 5 nitrogen and oxygen atoms in total. The molecule has 23 heavy (non-hydrogen) atoms. The summed E-state index contributed by atoms with van der Waals surface area (Å²) in [6.07, 6.45) is 0. The summed E-state index contributed by atoms with van der Waals surface area (Å²) >= 11 is 1.08. The van der Waals surface area contributed by atoms with Gasteiger partial charge < -0.3 is 10.4 Å². The maximum atomic E-state index is 13.2. The Hall–Kier alpha value is -2.35. The largest absolute Gasteiger partial charge is 0.480 e.